The second kappa shape index (κ2) is 14.1. The minimum Gasteiger partial charge on any atom is -0.507 e. The molecule has 55 heavy (non-hydrogen) atoms. The third-order valence-electron chi connectivity index (χ3n) is 9.48. The molecule has 0 heterocycles. The van der Waals surface area contributed by atoms with Crippen molar-refractivity contribution >= 4 is 29.8 Å². The molecule has 0 radical (unpaired) electrons. The standard InChI is InChI=1S/C40H30O15/c41-31-16-1-17-7-27(37(48)49)9-19(32(17)42)3-21-11-29(39(52)53)13-23(34(21)44)5-25-15-30(40(54)55)14-24(35(25)45)4-22-12-28(38(50)51)10-20(33(22)43)2-18(31)8-26(6-16)36(46)47/h6-15,41-45H,1-5H2,(H,46,47)(H,48,49)(H,50,51)(H,52,53)(H,54,55). The first-order valence-electron chi connectivity index (χ1n) is 16.3. The van der Waals surface area contributed by atoms with Crippen LogP contribution >= 0.6 is 0 Å². The van der Waals surface area contributed by atoms with Crippen molar-refractivity contribution in [3.05, 3.63) is 144 Å². The van der Waals surface area contributed by atoms with E-state index in [2.05, 4.69) is 0 Å². The summed E-state index contributed by atoms with van der Waals surface area (Å²) in [6.07, 6.45) is -2.23. The number of phenols is 5. The van der Waals surface area contributed by atoms with E-state index in [0.29, 0.717) is 0 Å². The lowest BCUT2D eigenvalue weighted by Crippen LogP contribution is -2.08. The van der Waals surface area contributed by atoms with Gasteiger partial charge in [0, 0.05) is 32.1 Å². The molecule has 0 aliphatic heterocycles. The predicted molar refractivity (Wildman–Crippen MR) is 189 cm³/mol. The van der Waals surface area contributed by atoms with Gasteiger partial charge in [-0.05, 0) is 116 Å². The van der Waals surface area contributed by atoms with E-state index >= 15 is 0 Å². The van der Waals surface area contributed by atoms with E-state index in [4.69, 9.17) is 0 Å². The molecule has 0 spiro atoms. The van der Waals surface area contributed by atoms with Crippen molar-refractivity contribution in [2.75, 3.05) is 0 Å². The van der Waals surface area contributed by atoms with Gasteiger partial charge in [-0.1, -0.05) is 0 Å². The normalized spacial score (nSPS) is 12.4. The van der Waals surface area contributed by atoms with Crippen molar-refractivity contribution in [3.63, 3.8) is 0 Å². The minimum atomic E-state index is -1.44. The van der Waals surface area contributed by atoms with Gasteiger partial charge in [0.25, 0.3) is 0 Å². The fraction of sp³-hybridized carbons (Fsp3) is 0.125. The lowest BCUT2D eigenvalue weighted by molar-refractivity contribution is 0.0685. The van der Waals surface area contributed by atoms with E-state index in [1.54, 1.807) is 0 Å². The zero-order valence-corrected chi connectivity index (χ0v) is 28.3. The van der Waals surface area contributed by atoms with Crippen molar-refractivity contribution in [2.45, 2.75) is 32.1 Å². The molecule has 0 amide bonds. The molecule has 15 heteroatoms. The molecule has 5 aromatic carbocycles. The minimum absolute atomic E-state index is 0.108. The van der Waals surface area contributed by atoms with Crippen molar-refractivity contribution in [1.82, 2.24) is 0 Å². The third kappa shape index (κ3) is 7.26. The monoisotopic (exact) mass is 750 g/mol. The molecule has 0 saturated heterocycles. The summed E-state index contributed by atoms with van der Waals surface area (Å²) in [7, 11) is 0. The van der Waals surface area contributed by atoms with Crippen LogP contribution in [-0.4, -0.2) is 80.9 Å². The second-order valence-electron chi connectivity index (χ2n) is 13.1. The highest BCUT2D eigenvalue weighted by Gasteiger charge is 2.25. The lowest BCUT2D eigenvalue weighted by Gasteiger charge is -2.19. The summed E-state index contributed by atoms with van der Waals surface area (Å²) in [5.41, 5.74) is -2.89. The van der Waals surface area contributed by atoms with Crippen molar-refractivity contribution in [1.29, 1.82) is 0 Å². The van der Waals surface area contributed by atoms with Crippen molar-refractivity contribution in [2.24, 2.45) is 0 Å². The Morgan fingerprint density at radius 1 is 0.273 bits per heavy atom. The Hall–Kier alpha value is -7.55. The maximum Gasteiger partial charge on any atom is 0.335 e. The highest BCUT2D eigenvalue weighted by Crippen LogP contribution is 2.40. The van der Waals surface area contributed by atoms with Gasteiger partial charge in [0.2, 0.25) is 0 Å². The quantitative estimate of drug-likeness (QED) is 0.111. The second-order valence-corrected chi connectivity index (χ2v) is 13.1. The molecule has 0 saturated carbocycles. The molecule has 10 bridgehead atoms. The highest BCUT2D eigenvalue weighted by molar-refractivity contribution is 5.92. The Kier molecular flexibility index (Phi) is 9.55. The number of carbonyl (C=O) groups is 5. The van der Waals surface area contributed by atoms with Crippen LogP contribution in [-0.2, 0) is 32.1 Å². The van der Waals surface area contributed by atoms with Crippen LogP contribution in [0.4, 0.5) is 0 Å². The summed E-state index contributed by atoms with van der Waals surface area (Å²) in [6, 6.07) is 10.9. The van der Waals surface area contributed by atoms with Crippen LogP contribution in [0.15, 0.2) is 60.7 Å². The number of aromatic hydroxyl groups is 5. The number of hydrogen-bond acceptors (Lipinski definition) is 10. The number of benzene rings is 5. The third-order valence-corrected chi connectivity index (χ3v) is 9.48. The number of carboxylic acid groups (broad SMARTS) is 5. The Bertz CT molecular complexity index is 1990. The van der Waals surface area contributed by atoms with E-state index < -0.39 is 90.7 Å². The SMILES string of the molecule is O=C(O)c1cc2c(O)c(c1)Cc1cc(C(=O)O)cc(c1O)Cc1cc(C(=O)O)cc(c1O)Cc1cc(C(=O)O)cc(c1O)Cc1cc(C(=O)O)cc(c1O)C2. The molecule has 6 rings (SSSR count). The summed E-state index contributed by atoms with van der Waals surface area (Å²) in [6.45, 7) is 0. The summed E-state index contributed by atoms with van der Waals surface area (Å²) < 4.78 is 0. The van der Waals surface area contributed by atoms with Crippen LogP contribution in [0.25, 0.3) is 0 Å². The van der Waals surface area contributed by atoms with Crippen LogP contribution in [0.5, 0.6) is 28.7 Å². The van der Waals surface area contributed by atoms with E-state index in [-0.39, 0.29) is 83.5 Å². The first kappa shape index (κ1) is 37.2. The molecule has 1 aliphatic carbocycles. The Morgan fingerprint density at radius 2 is 0.382 bits per heavy atom. The zero-order chi connectivity index (χ0) is 40.0. The van der Waals surface area contributed by atoms with Gasteiger partial charge in [-0.2, -0.15) is 0 Å². The van der Waals surface area contributed by atoms with Gasteiger partial charge in [0.15, 0.2) is 0 Å². The van der Waals surface area contributed by atoms with Gasteiger partial charge in [0.05, 0.1) is 27.8 Å². The van der Waals surface area contributed by atoms with Crippen molar-refractivity contribution in [3.8, 4) is 28.7 Å². The molecule has 280 valence electrons. The fourth-order valence-corrected chi connectivity index (χ4v) is 6.79. The zero-order valence-electron chi connectivity index (χ0n) is 28.3. The fourth-order valence-electron chi connectivity index (χ4n) is 6.79. The van der Waals surface area contributed by atoms with Gasteiger partial charge in [-0.15, -0.1) is 0 Å². The van der Waals surface area contributed by atoms with E-state index in [1.165, 1.54) is 0 Å². The maximum atomic E-state index is 12.2. The van der Waals surface area contributed by atoms with Gasteiger partial charge >= 0.3 is 29.8 Å². The van der Waals surface area contributed by atoms with E-state index in [1.807, 2.05) is 0 Å². The van der Waals surface area contributed by atoms with Crippen LogP contribution in [0.1, 0.15) is 107 Å². The molecule has 0 aromatic heterocycles. The van der Waals surface area contributed by atoms with E-state index in [0.717, 1.165) is 60.7 Å². The number of carboxylic acids is 5. The Balaban J connectivity index is 1.70. The summed E-state index contributed by atoms with van der Waals surface area (Å²) >= 11 is 0. The number of phenolic OH excluding ortho intramolecular Hbond substituents is 5. The van der Waals surface area contributed by atoms with Crippen LogP contribution in [0.3, 0.4) is 0 Å². The average Bonchev–Trinajstić information content (AvgIpc) is 3.11. The Labute approximate surface area is 309 Å². The van der Waals surface area contributed by atoms with Crippen molar-refractivity contribution < 1.29 is 75.0 Å². The first-order chi connectivity index (χ1) is 25.9. The molecule has 0 atom stereocenters. The first-order valence-corrected chi connectivity index (χ1v) is 16.3. The highest BCUT2D eigenvalue weighted by atomic mass is 16.4. The summed E-state index contributed by atoms with van der Waals surface area (Å²) in [5.74, 6) is -9.88. The van der Waals surface area contributed by atoms with Gasteiger partial charge in [-0.25, -0.2) is 24.0 Å². The maximum absolute atomic E-state index is 12.2. The van der Waals surface area contributed by atoms with Gasteiger partial charge < -0.3 is 51.1 Å². The number of fused-ring (bicyclic) bond motifs is 10. The molecule has 5 aromatic rings. The molecule has 10 N–H and O–H groups in total. The average molecular weight is 751 g/mol. The molecule has 0 unspecified atom stereocenters. The molecule has 0 fully saturated rings. The summed E-state index contributed by atoms with van der Waals surface area (Å²) in [5, 5.41) is 107. The Morgan fingerprint density at radius 3 is 0.473 bits per heavy atom. The lowest BCUT2D eigenvalue weighted by atomic mass is 9.88. The molecular formula is C40H30O15. The van der Waals surface area contributed by atoms with Gasteiger partial charge in [-0.3, -0.25) is 0 Å². The smallest absolute Gasteiger partial charge is 0.335 e. The molecule has 15 nitrogen and oxygen atoms in total. The number of hydrogen-bond donors (Lipinski definition) is 10. The molecular weight excluding hydrogens is 720 g/mol. The largest absolute Gasteiger partial charge is 0.507 e. The van der Waals surface area contributed by atoms with Crippen LogP contribution < -0.4 is 0 Å². The number of aromatic carboxylic acids is 5. The predicted octanol–water partition coefficient (Wildman–Crippen LogP) is 4.97. The number of rotatable bonds is 5. The topological polar surface area (TPSA) is 288 Å². The van der Waals surface area contributed by atoms with Crippen LogP contribution in [0, 0.1) is 0 Å². The van der Waals surface area contributed by atoms with Gasteiger partial charge in [0.1, 0.15) is 28.7 Å². The summed E-state index contributed by atoms with van der Waals surface area (Å²) in [4.78, 5) is 61.2. The van der Waals surface area contributed by atoms with Crippen LogP contribution in [0.2, 0.25) is 0 Å². The molecule has 1 aliphatic rings. The van der Waals surface area contributed by atoms with E-state index in [9.17, 15) is 75.0 Å².